The smallest absolute Gasteiger partial charge is 0.227 e. The summed E-state index contributed by atoms with van der Waals surface area (Å²) >= 11 is 0. The molecule has 4 rings (SSSR count). The molecule has 148 valence electrons. The van der Waals surface area contributed by atoms with Crippen molar-refractivity contribution in [3.05, 3.63) is 48.2 Å². The number of aromatic nitrogens is 2. The molecule has 28 heavy (non-hydrogen) atoms. The van der Waals surface area contributed by atoms with Crippen LogP contribution in [0.2, 0.25) is 0 Å². The van der Waals surface area contributed by atoms with Crippen molar-refractivity contribution >= 4 is 34.9 Å². The summed E-state index contributed by atoms with van der Waals surface area (Å²) < 4.78 is 10.7. The third-order valence-electron chi connectivity index (χ3n) is 5.33. The van der Waals surface area contributed by atoms with E-state index in [1.54, 1.807) is 20.4 Å². The number of hydrogen-bond acceptors (Lipinski definition) is 5. The molecule has 1 fully saturated rings. The number of benzene rings is 2. The van der Waals surface area contributed by atoms with E-state index in [9.17, 15) is 0 Å². The van der Waals surface area contributed by atoms with Gasteiger partial charge in [-0.1, -0.05) is 31.4 Å². The number of ether oxygens (including phenoxy) is 2. The second-order valence-electron chi connectivity index (χ2n) is 7.04. The number of fused-ring (bicyclic) bond motifs is 1. The molecule has 0 atom stereocenters. The van der Waals surface area contributed by atoms with Crippen LogP contribution in [0, 0.1) is 0 Å². The molecule has 0 amide bonds. The minimum absolute atomic E-state index is 0. The highest BCUT2D eigenvalue weighted by Crippen LogP contribution is 2.34. The van der Waals surface area contributed by atoms with Gasteiger partial charge in [0.25, 0.3) is 0 Å². The summed E-state index contributed by atoms with van der Waals surface area (Å²) in [6.45, 7) is 0. The molecule has 0 spiro atoms. The summed E-state index contributed by atoms with van der Waals surface area (Å²) in [5.41, 5.74) is 3.25. The molecule has 6 heteroatoms. The van der Waals surface area contributed by atoms with Gasteiger partial charge in [0.05, 0.1) is 19.7 Å². The molecule has 1 aromatic heterocycles. The SMILES string of the molecule is COc1cc2cnc(Nc3ccc(C4CCCCC4)cc3)nc2cc1OC.Cl. The highest BCUT2D eigenvalue weighted by molar-refractivity contribution is 5.85. The van der Waals surface area contributed by atoms with Gasteiger partial charge < -0.3 is 14.8 Å². The molecule has 0 radical (unpaired) electrons. The van der Waals surface area contributed by atoms with E-state index >= 15 is 0 Å². The van der Waals surface area contributed by atoms with Gasteiger partial charge in [-0.25, -0.2) is 9.97 Å². The fourth-order valence-electron chi connectivity index (χ4n) is 3.82. The first-order valence-corrected chi connectivity index (χ1v) is 9.52. The third-order valence-corrected chi connectivity index (χ3v) is 5.33. The van der Waals surface area contributed by atoms with E-state index in [-0.39, 0.29) is 12.4 Å². The van der Waals surface area contributed by atoms with Gasteiger partial charge in [-0.3, -0.25) is 0 Å². The highest BCUT2D eigenvalue weighted by Gasteiger charge is 2.15. The topological polar surface area (TPSA) is 56.3 Å². The second kappa shape index (κ2) is 9.11. The molecule has 0 unspecified atom stereocenters. The highest BCUT2D eigenvalue weighted by atomic mass is 35.5. The Hall–Kier alpha value is -2.53. The van der Waals surface area contributed by atoms with Gasteiger partial charge in [-0.15, -0.1) is 12.4 Å². The van der Waals surface area contributed by atoms with Crippen LogP contribution in [-0.2, 0) is 0 Å². The monoisotopic (exact) mass is 399 g/mol. The minimum atomic E-state index is 0. The summed E-state index contributed by atoms with van der Waals surface area (Å²) in [6.07, 6.45) is 8.50. The predicted octanol–water partition coefficient (Wildman–Crippen LogP) is 5.86. The van der Waals surface area contributed by atoms with Crippen LogP contribution in [0.4, 0.5) is 11.6 Å². The van der Waals surface area contributed by atoms with Crippen molar-refractivity contribution in [2.75, 3.05) is 19.5 Å². The Morgan fingerprint density at radius 2 is 1.61 bits per heavy atom. The lowest BCUT2D eigenvalue weighted by Gasteiger charge is -2.22. The fourth-order valence-corrected chi connectivity index (χ4v) is 3.82. The zero-order valence-electron chi connectivity index (χ0n) is 16.3. The van der Waals surface area contributed by atoms with Crippen LogP contribution in [0.15, 0.2) is 42.6 Å². The number of anilines is 2. The Bertz CT molecular complexity index is 925. The molecule has 1 heterocycles. The van der Waals surface area contributed by atoms with Gasteiger partial charge >= 0.3 is 0 Å². The minimum Gasteiger partial charge on any atom is -0.493 e. The van der Waals surface area contributed by atoms with Gasteiger partial charge in [0, 0.05) is 23.3 Å². The van der Waals surface area contributed by atoms with Crippen LogP contribution in [0.25, 0.3) is 10.9 Å². The summed E-state index contributed by atoms with van der Waals surface area (Å²) in [7, 11) is 3.25. The van der Waals surface area contributed by atoms with Crippen molar-refractivity contribution in [1.29, 1.82) is 0 Å². The van der Waals surface area contributed by atoms with E-state index in [0.29, 0.717) is 23.4 Å². The number of nitrogens with zero attached hydrogens (tertiary/aromatic N) is 2. The molecule has 0 aliphatic heterocycles. The summed E-state index contributed by atoms with van der Waals surface area (Å²) in [5.74, 6) is 2.62. The van der Waals surface area contributed by atoms with Crippen LogP contribution >= 0.6 is 12.4 Å². The maximum atomic E-state index is 5.37. The summed E-state index contributed by atoms with van der Waals surface area (Å²) in [6, 6.07) is 12.4. The first kappa shape index (κ1) is 20.2. The first-order valence-electron chi connectivity index (χ1n) is 9.52. The Morgan fingerprint density at radius 3 is 2.29 bits per heavy atom. The molecular formula is C22H26ClN3O2. The van der Waals surface area contributed by atoms with E-state index in [1.165, 1.54) is 37.7 Å². The van der Waals surface area contributed by atoms with Crippen molar-refractivity contribution in [2.45, 2.75) is 38.0 Å². The van der Waals surface area contributed by atoms with Gasteiger partial charge in [0.1, 0.15) is 0 Å². The quantitative estimate of drug-likeness (QED) is 0.582. The van der Waals surface area contributed by atoms with Crippen molar-refractivity contribution in [2.24, 2.45) is 0 Å². The Kier molecular flexibility index (Phi) is 6.57. The maximum Gasteiger partial charge on any atom is 0.227 e. The number of methoxy groups -OCH3 is 2. The average molecular weight is 400 g/mol. The second-order valence-corrected chi connectivity index (χ2v) is 7.04. The molecule has 1 aliphatic carbocycles. The summed E-state index contributed by atoms with van der Waals surface area (Å²) in [4.78, 5) is 9.04. The first-order chi connectivity index (χ1) is 13.3. The van der Waals surface area contributed by atoms with Crippen LogP contribution in [-0.4, -0.2) is 24.2 Å². The van der Waals surface area contributed by atoms with E-state index in [1.807, 2.05) is 12.1 Å². The largest absolute Gasteiger partial charge is 0.493 e. The van der Waals surface area contributed by atoms with Gasteiger partial charge in [-0.05, 0) is 42.5 Å². The normalized spacial score (nSPS) is 14.4. The predicted molar refractivity (Wildman–Crippen MR) is 115 cm³/mol. The fraction of sp³-hybridized carbons (Fsp3) is 0.364. The van der Waals surface area contributed by atoms with Gasteiger partial charge in [-0.2, -0.15) is 0 Å². The molecule has 1 aliphatic rings. The van der Waals surface area contributed by atoms with E-state index in [2.05, 4.69) is 39.6 Å². The molecule has 2 aromatic carbocycles. The molecule has 1 saturated carbocycles. The lowest BCUT2D eigenvalue weighted by molar-refractivity contribution is 0.356. The number of rotatable bonds is 5. The zero-order chi connectivity index (χ0) is 18.6. The average Bonchev–Trinajstić information content (AvgIpc) is 2.74. The van der Waals surface area contributed by atoms with Gasteiger partial charge in [0.15, 0.2) is 11.5 Å². The zero-order valence-corrected chi connectivity index (χ0v) is 17.1. The van der Waals surface area contributed by atoms with Crippen LogP contribution in [0.5, 0.6) is 11.5 Å². The number of hydrogen-bond donors (Lipinski definition) is 1. The van der Waals surface area contributed by atoms with E-state index in [4.69, 9.17) is 9.47 Å². The van der Waals surface area contributed by atoms with E-state index < -0.39 is 0 Å². The Morgan fingerprint density at radius 1 is 0.929 bits per heavy atom. The van der Waals surface area contributed by atoms with Crippen molar-refractivity contribution in [1.82, 2.24) is 9.97 Å². The standard InChI is InChI=1S/C22H25N3O2.ClH/c1-26-20-12-17-14-23-22(25-19(17)13-21(20)27-2)24-18-10-8-16(9-11-18)15-6-4-3-5-7-15;/h8-15H,3-7H2,1-2H3,(H,23,24,25);1H. The molecule has 3 aromatic rings. The van der Waals surface area contributed by atoms with Crippen molar-refractivity contribution < 1.29 is 9.47 Å². The number of nitrogens with one attached hydrogen (secondary N) is 1. The molecular weight excluding hydrogens is 374 g/mol. The van der Waals surface area contributed by atoms with Crippen molar-refractivity contribution in [3.63, 3.8) is 0 Å². The third kappa shape index (κ3) is 4.30. The number of halogens is 1. The Labute approximate surface area is 171 Å². The molecule has 0 bridgehead atoms. The van der Waals surface area contributed by atoms with Crippen LogP contribution in [0.1, 0.15) is 43.6 Å². The lowest BCUT2D eigenvalue weighted by Crippen LogP contribution is -2.04. The molecule has 5 nitrogen and oxygen atoms in total. The Balaban J connectivity index is 0.00000225. The summed E-state index contributed by atoms with van der Waals surface area (Å²) in [5, 5.41) is 4.21. The molecule has 0 saturated heterocycles. The van der Waals surface area contributed by atoms with Crippen molar-refractivity contribution in [3.8, 4) is 11.5 Å². The van der Waals surface area contributed by atoms with Crippen LogP contribution < -0.4 is 14.8 Å². The van der Waals surface area contributed by atoms with Crippen LogP contribution in [0.3, 0.4) is 0 Å². The lowest BCUT2D eigenvalue weighted by atomic mass is 9.84. The maximum absolute atomic E-state index is 5.37. The van der Waals surface area contributed by atoms with Gasteiger partial charge in [0.2, 0.25) is 5.95 Å². The van der Waals surface area contributed by atoms with E-state index in [0.717, 1.165) is 16.6 Å². The molecule has 1 N–H and O–H groups in total.